The molecule has 0 bridgehead atoms. The smallest absolute Gasteiger partial charge is 0.188 e. The van der Waals surface area contributed by atoms with Gasteiger partial charge in [-0.1, -0.05) is 11.6 Å². The number of nitrogens with zero attached hydrogens (tertiary/aromatic N) is 1. The van der Waals surface area contributed by atoms with Crippen LogP contribution in [0.3, 0.4) is 0 Å². The van der Waals surface area contributed by atoms with E-state index in [-0.39, 0.29) is 29.3 Å². The molecule has 1 fully saturated rings. The van der Waals surface area contributed by atoms with Crippen LogP contribution in [0.2, 0.25) is 5.02 Å². The Hall–Kier alpha value is -2.29. The summed E-state index contributed by atoms with van der Waals surface area (Å²) in [5, 5.41) is 3.77. The summed E-state index contributed by atoms with van der Waals surface area (Å²) < 4.78 is 54.9. The van der Waals surface area contributed by atoms with Crippen LogP contribution in [-0.4, -0.2) is 24.4 Å². The largest absolute Gasteiger partial charge is 0.351 e. The van der Waals surface area contributed by atoms with Gasteiger partial charge in [0.2, 0.25) is 0 Å². The molecule has 1 aliphatic carbocycles. The van der Waals surface area contributed by atoms with Crippen LogP contribution in [0.4, 0.5) is 8.78 Å². The van der Waals surface area contributed by atoms with Crippen molar-refractivity contribution >= 4 is 21.4 Å². The van der Waals surface area contributed by atoms with E-state index in [0.717, 1.165) is 23.9 Å². The Balaban J connectivity index is 1.68. The summed E-state index contributed by atoms with van der Waals surface area (Å²) in [6, 6.07) is 8.85. The molecule has 0 unspecified atom stereocenters. The molecule has 1 aromatic heterocycles. The molecule has 3 aromatic rings. The molecule has 0 aliphatic heterocycles. The first-order chi connectivity index (χ1) is 14.8. The Labute approximate surface area is 184 Å². The summed E-state index contributed by atoms with van der Waals surface area (Å²) in [4.78, 5) is 7.10. The predicted molar refractivity (Wildman–Crippen MR) is 114 cm³/mol. The molecule has 1 aliphatic rings. The standard InChI is InChI=1S/C22H22ClF2N3O2S/c23-15-1-4-19(5-2-15)31(29,30)22(20-11-16(24)3-6-21(20)25)9-7-17(8-10-22)27-13-18-12-26-14-28-18/h1-6,11-12,14,17,27H,7-10,13H2,(H,26,28)/t17-,22+. The lowest BCUT2D eigenvalue weighted by molar-refractivity contribution is 0.301. The number of halogens is 3. The van der Waals surface area contributed by atoms with Crippen molar-refractivity contribution in [2.75, 3.05) is 0 Å². The van der Waals surface area contributed by atoms with E-state index in [1.165, 1.54) is 24.3 Å². The fraction of sp³-hybridized carbons (Fsp3) is 0.318. The van der Waals surface area contributed by atoms with E-state index in [1.54, 1.807) is 12.5 Å². The van der Waals surface area contributed by atoms with Crippen LogP contribution in [0.5, 0.6) is 0 Å². The zero-order valence-corrected chi connectivity index (χ0v) is 18.2. The van der Waals surface area contributed by atoms with Crippen molar-refractivity contribution in [3.05, 3.63) is 82.9 Å². The van der Waals surface area contributed by atoms with Crippen molar-refractivity contribution in [2.24, 2.45) is 0 Å². The second kappa shape index (κ2) is 8.68. The van der Waals surface area contributed by atoms with Crippen molar-refractivity contribution in [3.63, 3.8) is 0 Å². The summed E-state index contributed by atoms with van der Waals surface area (Å²) in [5.74, 6) is -1.39. The van der Waals surface area contributed by atoms with Gasteiger partial charge < -0.3 is 10.3 Å². The molecule has 0 saturated heterocycles. The zero-order chi connectivity index (χ0) is 22.1. The first-order valence-corrected chi connectivity index (χ1v) is 11.8. The average molecular weight is 466 g/mol. The molecule has 4 rings (SSSR count). The Kier molecular flexibility index (Phi) is 6.14. The lowest BCUT2D eigenvalue weighted by atomic mass is 9.80. The molecule has 0 radical (unpaired) electrons. The van der Waals surface area contributed by atoms with Crippen molar-refractivity contribution in [1.82, 2.24) is 15.3 Å². The number of hydrogen-bond donors (Lipinski definition) is 2. The Morgan fingerprint density at radius 2 is 1.84 bits per heavy atom. The van der Waals surface area contributed by atoms with Gasteiger partial charge in [-0.05, 0) is 68.1 Å². The van der Waals surface area contributed by atoms with Crippen molar-refractivity contribution in [1.29, 1.82) is 0 Å². The molecule has 164 valence electrons. The van der Waals surface area contributed by atoms with Gasteiger partial charge in [0.25, 0.3) is 0 Å². The number of sulfone groups is 1. The lowest BCUT2D eigenvalue weighted by Crippen LogP contribution is -2.45. The van der Waals surface area contributed by atoms with E-state index < -0.39 is 26.2 Å². The minimum atomic E-state index is -4.02. The zero-order valence-electron chi connectivity index (χ0n) is 16.6. The molecule has 0 atom stereocenters. The normalized spacial score (nSPS) is 21.8. The minimum absolute atomic E-state index is 0.0434. The third kappa shape index (κ3) is 4.24. The number of hydrogen-bond acceptors (Lipinski definition) is 4. The fourth-order valence-electron chi connectivity index (χ4n) is 4.29. The summed E-state index contributed by atoms with van der Waals surface area (Å²) in [5.41, 5.74) is 0.731. The second-order valence-electron chi connectivity index (χ2n) is 7.79. The molecule has 31 heavy (non-hydrogen) atoms. The number of rotatable bonds is 6. The van der Waals surface area contributed by atoms with Gasteiger partial charge >= 0.3 is 0 Å². The van der Waals surface area contributed by atoms with Crippen molar-refractivity contribution < 1.29 is 17.2 Å². The highest BCUT2D eigenvalue weighted by Crippen LogP contribution is 2.48. The predicted octanol–water partition coefficient (Wildman–Crippen LogP) is 4.74. The molecular weight excluding hydrogens is 444 g/mol. The summed E-state index contributed by atoms with van der Waals surface area (Å²) >= 11 is 5.92. The van der Waals surface area contributed by atoms with Crippen LogP contribution in [-0.2, 0) is 21.1 Å². The highest BCUT2D eigenvalue weighted by molar-refractivity contribution is 7.92. The van der Waals surface area contributed by atoms with E-state index in [9.17, 15) is 17.2 Å². The number of nitrogens with one attached hydrogen (secondary N) is 2. The molecule has 1 saturated carbocycles. The quantitative estimate of drug-likeness (QED) is 0.551. The molecule has 1 heterocycles. The molecular formula is C22H22ClF2N3O2S. The van der Waals surface area contributed by atoms with E-state index in [2.05, 4.69) is 15.3 Å². The van der Waals surface area contributed by atoms with Crippen LogP contribution in [0.25, 0.3) is 0 Å². The highest BCUT2D eigenvalue weighted by Gasteiger charge is 2.50. The van der Waals surface area contributed by atoms with E-state index >= 15 is 0 Å². The second-order valence-corrected chi connectivity index (χ2v) is 10.5. The molecule has 9 heteroatoms. The third-order valence-electron chi connectivity index (χ3n) is 5.98. The van der Waals surface area contributed by atoms with Crippen LogP contribution in [0.15, 0.2) is 59.9 Å². The van der Waals surface area contributed by atoms with Gasteiger partial charge in [0, 0.05) is 29.4 Å². The molecule has 2 aromatic carbocycles. The lowest BCUT2D eigenvalue weighted by Gasteiger charge is -2.40. The first kappa shape index (κ1) is 21.9. The summed E-state index contributed by atoms with van der Waals surface area (Å²) in [6.07, 6.45) is 4.69. The van der Waals surface area contributed by atoms with Crippen LogP contribution < -0.4 is 5.32 Å². The number of benzene rings is 2. The Morgan fingerprint density at radius 3 is 2.48 bits per heavy atom. The van der Waals surface area contributed by atoms with Crippen LogP contribution in [0.1, 0.15) is 36.9 Å². The van der Waals surface area contributed by atoms with Gasteiger partial charge in [-0.25, -0.2) is 22.2 Å². The van der Waals surface area contributed by atoms with Gasteiger partial charge in [-0.15, -0.1) is 0 Å². The Morgan fingerprint density at radius 1 is 1.13 bits per heavy atom. The minimum Gasteiger partial charge on any atom is -0.351 e. The fourth-order valence-corrected chi connectivity index (χ4v) is 6.58. The number of imidazole rings is 1. The van der Waals surface area contributed by atoms with Gasteiger partial charge in [0.15, 0.2) is 9.84 Å². The maximum absolute atomic E-state index is 14.9. The van der Waals surface area contributed by atoms with Crippen molar-refractivity contribution in [3.8, 4) is 0 Å². The topological polar surface area (TPSA) is 74.8 Å². The highest BCUT2D eigenvalue weighted by atomic mass is 35.5. The van der Waals surface area contributed by atoms with Gasteiger partial charge in [-0.2, -0.15) is 0 Å². The number of H-pyrrole nitrogens is 1. The van der Waals surface area contributed by atoms with Crippen LogP contribution >= 0.6 is 11.6 Å². The molecule has 2 N–H and O–H groups in total. The van der Waals surface area contributed by atoms with Gasteiger partial charge in [-0.3, -0.25) is 0 Å². The van der Waals surface area contributed by atoms with Gasteiger partial charge in [0.1, 0.15) is 16.4 Å². The van der Waals surface area contributed by atoms with E-state index in [1.807, 2.05) is 0 Å². The molecule has 0 spiro atoms. The summed E-state index contributed by atoms with van der Waals surface area (Å²) in [7, 11) is -4.02. The summed E-state index contributed by atoms with van der Waals surface area (Å²) in [6.45, 7) is 0.541. The monoisotopic (exact) mass is 465 g/mol. The Bertz CT molecular complexity index is 1140. The van der Waals surface area contributed by atoms with E-state index in [4.69, 9.17) is 11.6 Å². The first-order valence-electron chi connectivity index (χ1n) is 9.99. The van der Waals surface area contributed by atoms with Gasteiger partial charge in [0.05, 0.1) is 16.9 Å². The van der Waals surface area contributed by atoms with Crippen LogP contribution in [0, 0.1) is 11.6 Å². The third-order valence-corrected chi connectivity index (χ3v) is 8.78. The SMILES string of the molecule is O=S(=O)(c1ccc(Cl)cc1)[C@]1(c2cc(F)ccc2F)CC[C@H](NCc2c[nH]cn2)CC1. The average Bonchev–Trinajstić information content (AvgIpc) is 3.28. The maximum Gasteiger partial charge on any atom is 0.188 e. The number of aromatic amines is 1. The maximum atomic E-state index is 14.9. The number of aromatic nitrogens is 2. The van der Waals surface area contributed by atoms with Crippen molar-refractivity contribution in [2.45, 2.75) is 47.9 Å². The van der Waals surface area contributed by atoms with E-state index in [0.29, 0.717) is 24.4 Å². The molecule has 5 nitrogen and oxygen atoms in total. The molecule has 0 amide bonds.